The fraction of sp³-hybridized carbons (Fsp3) is 0.250. The number of aromatic nitrogens is 1. The Kier molecular flexibility index (Phi) is 2.01. The monoisotopic (exact) mass is 132 g/mol. The molecule has 10 heavy (non-hydrogen) atoms. The maximum Gasteiger partial charge on any atom is 0.246 e. The van der Waals surface area contributed by atoms with E-state index < -0.39 is 0 Å². The van der Waals surface area contributed by atoms with Crippen LogP contribution in [-0.4, -0.2) is 4.98 Å². The molecule has 0 amide bonds. The first kappa shape index (κ1) is 6.76. The van der Waals surface area contributed by atoms with Crippen LogP contribution in [0.15, 0.2) is 24.5 Å². The van der Waals surface area contributed by atoms with E-state index in [4.69, 9.17) is 6.57 Å². The van der Waals surface area contributed by atoms with Crippen molar-refractivity contribution < 1.29 is 0 Å². The molecule has 50 valence electrons. The van der Waals surface area contributed by atoms with Gasteiger partial charge in [0, 0.05) is 24.9 Å². The first-order valence-corrected chi connectivity index (χ1v) is 3.11. The Bertz CT molecular complexity index is 235. The molecule has 1 heterocycles. The molecular formula is C8H8N2. The summed E-state index contributed by atoms with van der Waals surface area (Å²) >= 11 is 0. The Morgan fingerprint density at radius 3 is 2.60 bits per heavy atom. The SMILES string of the molecule is [C-]#[N+]C(C)c1ccncc1. The zero-order valence-corrected chi connectivity index (χ0v) is 5.78. The minimum absolute atomic E-state index is 0.0389. The first-order valence-electron chi connectivity index (χ1n) is 3.11. The highest BCUT2D eigenvalue weighted by Crippen LogP contribution is 2.13. The second-order valence-electron chi connectivity index (χ2n) is 2.09. The van der Waals surface area contributed by atoms with Gasteiger partial charge in [0.25, 0.3) is 0 Å². The average Bonchev–Trinajstić information content (AvgIpc) is 2.05. The highest BCUT2D eigenvalue weighted by atomic mass is 14.7. The van der Waals surface area contributed by atoms with E-state index in [2.05, 4.69) is 9.83 Å². The zero-order chi connectivity index (χ0) is 7.40. The molecule has 0 aliphatic carbocycles. The smallest absolute Gasteiger partial charge is 0.246 e. The van der Waals surface area contributed by atoms with E-state index in [0.717, 1.165) is 5.56 Å². The molecular weight excluding hydrogens is 124 g/mol. The van der Waals surface area contributed by atoms with Gasteiger partial charge in [-0.15, -0.1) is 0 Å². The normalized spacial score (nSPS) is 12.0. The van der Waals surface area contributed by atoms with Crippen molar-refractivity contribution in [2.45, 2.75) is 13.0 Å². The van der Waals surface area contributed by atoms with Gasteiger partial charge in [0.15, 0.2) is 0 Å². The summed E-state index contributed by atoms with van der Waals surface area (Å²) in [6.45, 7) is 8.63. The summed E-state index contributed by atoms with van der Waals surface area (Å²) in [6, 6.07) is 3.69. The molecule has 0 N–H and O–H groups in total. The van der Waals surface area contributed by atoms with Crippen LogP contribution in [0.5, 0.6) is 0 Å². The summed E-state index contributed by atoms with van der Waals surface area (Å²) < 4.78 is 0. The molecule has 0 aliphatic rings. The van der Waals surface area contributed by atoms with Gasteiger partial charge in [0.2, 0.25) is 6.04 Å². The van der Waals surface area contributed by atoms with Gasteiger partial charge in [-0.3, -0.25) is 4.98 Å². The van der Waals surface area contributed by atoms with Gasteiger partial charge in [0.05, 0.1) is 0 Å². The number of nitrogens with zero attached hydrogens (tertiary/aromatic N) is 2. The van der Waals surface area contributed by atoms with Crippen molar-refractivity contribution in [1.29, 1.82) is 0 Å². The van der Waals surface area contributed by atoms with E-state index in [9.17, 15) is 0 Å². The summed E-state index contributed by atoms with van der Waals surface area (Å²) in [4.78, 5) is 7.24. The van der Waals surface area contributed by atoms with E-state index in [1.807, 2.05) is 19.1 Å². The molecule has 2 heteroatoms. The van der Waals surface area contributed by atoms with Gasteiger partial charge >= 0.3 is 0 Å². The summed E-state index contributed by atoms with van der Waals surface area (Å²) in [5.41, 5.74) is 1.03. The fourth-order valence-electron chi connectivity index (χ4n) is 0.716. The largest absolute Gasteiger partial charge is 0.309 e. The molecule has 0 spiro atoms. The lowest BCUT2D eigenvalue weighted by Crippen LogP contribution is -1.85. The van der Waals surface area contributed by atoms with Gasteiger partial charge in [-0.2, -0.15) is 0 Å². The van der Waals surface area contributed by atoms with Gasteiger partial charge in [-0.25, -0.2) is 6.57 Å². The topological polar surface area (TPSA) is 17.2 Å². The van der Waals surface area contributed by atoms with Crippen LogP contribution in [-0.2, 0) is 0 Å². The zero-order valence-electron chi connectivity index (χ0n) is 5.78. The molecule has 0 saturated carbocycles. The van der Waals surface area contributed by atoms with Crippen molar-refractivity contribution in [1.82, 2.24) is 4.98 Å². The third-order valence-corrected chi connectivity index (χ3v) is 1.38. The van der Waals surface area contributed by atoms with Crippen LogP contribution in [0.4, 0.5) is 0 Å². The summed E-state index contributed by atoms with van der Waals surface area (Å²) in [5.74, 6) is 0. The number of hydrogen-bond acceptors (Lipinski definition) is 1. The maximum absolute atomic E-state index is 6.75. The van der Waals surface area contributed by atoms with Gasteiger partial charge < -0.3 is 4.85 Å². The van der Waals surface area contributed by atoms with Crippen LogP contribution >= 0.6 is 0 Å². The van der Waals surface area contributed by atoms with Crippen molar-refractivity contribution in [3.8, 4) is 0 Å². The second kappa shape index (κ2) is 2.98. The van der Waals surface area contributed by atoms with Crippen molar-refractivity contribution in [3.05, 3.63) is 41.5 Å². The lowest BCUT2D eigenvalue weighted by atomic mass is 10.1. The van der Waals surface area contributed by atoms with Crippen LogP contribution in [0.3, 0.4) is 0 Å². The van der Waals surface area contributed by atoms with Gasteiger partial charge in [-0.1, -0.05) is 0 Å². The molecule has 1 rings (SSSR count). The van der Waals surface area contributed by atoms with Crippen molar-refractivity contribution >= 4 is 0 Å². The molecule has 2 nitrogen and oxygen atoms in total. The molecule has 1 aromatic heterocycles. The molecule has 0 bridgehead atoms. The van der Waals surface area contributed by atoms with Crippen molar-refractivity contribution in [2.75, 3.05) is 0 Å². The van der Waals surface area contributed by atoms with Crippen LogP contribution < -0.4 is 0 Å². The molecule has 0 fully saturated rings. The molecule has 1 unspecified atom stereocenters. The Morgan fingerprint density at radius 2 is 2.10 bits per heavy atom. The van der Waals surface area contributed by atoms with E-state index in [1.54, 1.807) is 12.4 Å². The highest BCUT2D eigenvalue weighted by Gasteiger charge is 2.05. The summed E-state index contributed by atoms with van der Waals surface area (Å²) in [7, 11) is 0. The Balaban J connectivity index is 2.88. The lowest BCUT2D eigenvalue weighted by molar-refractivity contribution is 0.955. The number of rotatable bonds is 1. The van der Waals surface area contributed by atoms with Crippen LogP contribution in [0.25, 0.3) is 4.85 Å². The van der Waals surface area contributed by atoms with E-state index >= 15 is 0 Å². The number of pyridine rings is 1. The highest BCUT2D eigenvalue weighted by molar-refractivity contribution is 5.16. The quantitative estimate of drug-likeness (QED) is 0.534. The van der Waals surface area contributed by atoms with Gasteiger partial charge in [-0.05, 0) is 12.1 Å². The molecule has 0 aromatic carbocycles. The molecule has 0 radical (unpaired) electrons. The third kappa shape index (κ3) is 1.32. The molecule has 1 atom stereocenters. The average molecular weight is 132 g/mol. The predicted octanol–water partition coefficient (Wildman–Crippen LogP) is 2.06. The maximum atomic E-state index is 6.75. The Hall–Kier alpha value is -1.36. The van der Waals surface area contributed by atoms with E-state index in [1.165, 1.54) is 0 Å². The second-order valence-corrected chi connectivity index (χ2v) is 2.09. The fourth-order valence-corrected chi connectivity index (χ4v) is 0.716. The van der Waals surface area contributed by atoms with Crippen LogP contribution in [0, 0.1) is 6.57 Å². The molecule has 1 aromatic rings. The minimum Gasteiger partial charge on any atom is -0.309 e. The third-order valence-electron chi connectivity index (χ3n) is 1.38. The van der Waals surface area contributed by atoms with Crippen molar-refractivity contribution in [2.24, 2.45) is 0 Å². The van der Waals surface area contributed by atoms with Crippen LogP contribution in [0.1, 0.15) is 18.5 Å². The summed E-state index contributed by atoms with van der Waals surface area (Å²) in [6.07, 6.45) is 3.41. The van der Waals surface area contributed by atoms with E-state index in [0.29, 0.717) is 0 Å². The summed E-state index contributed by atoms with van der Waals surface area (Å²) in [5, 5.41) is 0. The molecule has 0 saturated heterocycles. The van der Waals surface area contributed by atoms with Gasteiger partial charge in [0.1, 0.15) is 0 Å². The lowest BCUT2D eigenvalue weighted by Gasteiger charge is -1.95. The Labute approximate surface area is 60.3 Å². The van der Waals surface area contributed by atoms with Crippen LogP contribution in [0.2, 0.25) is 0 Å². The van der Waals surface area contributed by atoms with Crippen molar-refractivity contribution in [3.63, 3.8) is 0 Å². The predicted molar refractivity (Wildman–Crippen MR) is 39.3 cm³/mol. The Morgan fingerprint density at radius 1 is 1.50 bits per heavy atom. The molecule has 0 aliphatic heterocycles. The standard InChI is InChI=1S/C8H8N2/c1-7(9-2)8-3-5-10-6-4-8/h3-7H,1H3. The van der Waals surface area contributed by atoms with E-state index in [-0.39, 0.29) is 6.04 Å². The first-order chi connectivity index (χ1) is 4.84. The number of hydrogen-bond donors (Lipinski definition) is 0. The minimum atomic E-state index is -0.0389.